The molecule has 2 aromatic rings. The van der Waals surface area contributed by atoms with E-state index in [1.807, 2.05) is 12.1 Å². The zero-order chi connectivity index (χ0) is 20.6. The average Bonchev–Trinajstić information content (AvgIpc) is 3.44. The van der Waals surface area contributed by atoms with E-state index in [0.29, 0.717) is 23.3 Å². The number of carbonyl (C=O) groups excluding carboxylic acids is 1. The van der Waals surface area contributed by atoms with E-state index in [2.05, 4.69) is 16.7 Å². The highest BCUT2D eigenvalue weighted by atomic mass is 32.2. The number of nitrogens with one attached hydrogen (secondary N) is 2. The minimum Gasteiger partial charge on any atom is -0.339 e. The number of rotatable bonds is 6. The van der Waals surface area contributed by atoms with E-state index in [1.165, 1.54) is 6.26 Å². The molecule has 2 N–H and O–H groups in total. The molecule has 8 heteroatoms. The van der Waals surface area contributed by atoms with Gasteiger partial charge in [-0.15, -0.1) is 11.3 Å². The van der Waals surface area contributed by atoms with Gasteiger partial charge in [0.15, 0.2) is 9.84 Å². The molecule has 0 radical (unpaired) electrons. The topological polar surface area (TPSA) is 99.1 Å². The Morgan fingerprint density at radius 3 is 2.62 bits per heavy atom. The highest BCUT2D eigenvalue weighted by molar-refractivity contribution is 7.90. The van der Waals surface area contributed by atoms with Crippen LogP contribution >= 0.6 is 11.3 Å². The predicted octanol–water partition coefficient (Wildman–Crippen LogP) is 2.51. The van der Waals surface area contributed by atoms with Crippen molar-refractivity contribution in [1.29, 1.82) is 5.26 Å². The summed E-state index contributed by atoms with van der Waals surface area (Å²) in [6, 6.07) is 12.6. The van der Waals surface area contributed by atoms with Gasteiger partial charge in [0.1, 0.15) is 6.04 Å². The van der Waals surface area contributed by atoms with Crippen molar-refractivity contribution in [3.8, 4) is 16.5 Å². The molecule has 6 nitrogen and oxygen atoms in total. The first-order valence-electron chi connectivity index (χ1n) is 9.69. The van der Waals surface area contributed by atoms with Crippen LogP contribution in [0.4, 0.5) is 0 Å². The molecule has 0 spiro atoms. The van der Waals surface area contributed by atoms with Gasteiger partial charge in [0.25, 0.3) is 0 Å². The SMILES string of the molecule is CS(=O)(=O)c1ccc(-c2ccc(C[C@@H](C#N)NC(=O)[C@H]3N[C@H]4CC[C@H]3C4)s2)cc1. The quantitative estimate of drug-likeness (QED) is 0.735. The summed E-state index contributed by atoms with van der Waals surface area (Å²) >= 11 is 1.55. The van der Waals surface area contributed by atoms with Crippen molar-refractivity contribution in [2.24, 2.45) is 5.92 Å². The van der Waals surface area contributed by atoms with Crippen LogP contribution in [0.1, 0.15) is 24.1 Å². The summed E-state index contributed by atoms with van der Waals surface area (Å²) < 4.78 is 23.2. The van der Waals surface area contributed by atoms with Crippen molar-refractivity contribution in [1.82, 2.24) is 10.6 Å². The molecule has 2 fully saturated rings. The molecule has 4 atom stereocenters. The predicted molar refractivity (Wildman–Crippen MR) is 112 cm³/mol. The van der Waals surface area contributed by atoms with E-state index in [9.17, 15) is 18.5 Å². The smallest absolute Gasteiger partial charge is 0.238 e. The number of carbonyl (C=O) groups is 1. The maximum absolute atomic E-state index is 12.6. The van der Waals surface area contributed by atoms with Gasteiger partial charge >= 0.3 is 0 Å². The number of sulfone groups is 1. The van der Waals surface area contributed by atoms with Crippen molar-refractivity contribution < 1.29 is 13.2 Å². The molecular formula is C21H23N3O3S2. The Morgan fingerprint density at radius 1 is 1.28 bits per heavy atom. The van der Waals surface area contributed by atoms with Gasteiger partial charge in [-0.25, -0.2) is 8.42 Å². The number of nitriles is 1. The Morgan fingerprint density at radius 2 is 2.03 bits per heavy atom. The van der Waals surface area contributed by atoms with E-state index in [0.717, 1.165) is 34.6 Å². The lowest BCUT2D eigenvalue weighted by molar-refractivity contribution is -0.124. The maximum Gasteiger partial charge on any atom is 0.238 e. The zero-order valence-electron chi connectivity index (χ0n) is 16.1. The summed E-state index contributed by atoms with van der Waals surface area (Å²) in [5, 5.41) is 15.8. The first-order chi connectivity index (χ1) is 13.8. The van der Waals surface area contributed by atoms with Crippen LogP contribution in [0.3, 0.4) is 0 Å². The molecule has 29 heavy (non-hydrogen) atoms. The number of thiophene rings is 1. The van der Waals surface area contributed by atoms with Crippen molar-refractivity contribution in [3.63, 3.8) is 0 Å². The molecule has 1 aliphatic carbocycles. The number of hydrogen-bond acceptors (Lipinski definition) is 6. The van der Waals surface area contributed by atoms with Crippen molar-refractivity contribution in [3.05, 3.63) is 41.3 Å². The van der Waals surface area contributed by atoms with Crippen LogP contribution in [0.15, 0.2) is 41.3 Å². The zero-order valence-corrected chi connectivity index (χ0v) is 17.7. The summed E-state index contributed by atoms with van der Waals surface area (Å²) in [5.74, 6) is 0.319. The minimum absolute atomic E-state index is 0.0723. The van der Waals surface area contributed by atoms with Crippen molar-refractivity contribution in [2.45, 2.75) is 48.7 Å². The first kappa shape index (κ1) is 20.1. The molecule has 1 amide bonds. The molecule has 2 heterocycles. The monoisotopic (exact) mass is 429 g/mol. The summed E-state index contributed by atoms with van der Waals surface area (Å²) in [5.41, 5.74) is 0.928. The summed E-state index contributed by atoms with van der Waals surface area (Å²) in [6.07, 6.45) is 4.92. The number of benzene rings is 1. The number of nitrogens with zero attached hydrogens (tertiary/aromatic N) is 1. The first-order valence-corrected chi connectivity index (χ1v) is 12.4. The lowest BCUT2D eigenvalue weighted by Gasteiger charge is -2.23. The fourth-order valence-corrected chi connectivity index (χ4v) is 5.94. The van der Waals surface area contributed by atoms with Crippen molar-refractivity contribution in [2.75, 3.05) is 6.26 Å². The number of piperidine rings is 1. The van der Waals surface area contributed by atoms with Gasteiger partial charge in [0.2, 0.25) is 5.91 Å². The van der Waals surface area contributed by atoms with Gasteiger partial charge in [-0.05, 0) is 55.0 Å². The number of fused-ring (bicyclic) bond motifs is 2. The maximum atomic E-state index is 12.6. The van der Waals surface area contributed by atoms with E-state index in [1.54, 1.807) is 35.6 Å². The van der Waals surface area contributed by atoms with E-state index in [-0.39, 0.29) is 11.9 Å². The third-order valence-electron chi connectivity index (χ3n) is 5.75. The minimum atomic E-state index is -3.22. The van der Waals surface area contributed by atoms with Crippen LogP contribution in [-0.4, -0.2) is 38.7 Å². The lowest BCUT2D eigenvalue weighted by atomic mass is 9.99. The normalized spacial score (nSPS) is 24.2. The fourth-order valence-electron chi connectivity index (χ4n) is 4.25. The van der Waals surface area contributed by atoms with Gasteiger partial charge in [-0.1, -0.05) is 12.1 Å². The van der Waals surface area contributed by atoms with Crippen LogP contribution in [0.2, 0.25) is 0 Å². The molecule has 152 valence electrons. The highest BCUT2D eigenvalue weighted by Crippen LogP contribution is 2.35. The number of hydrogen-bond donors (Lipinski definition) is 2. The van der Waals surface area contributed by atoms with E-state index < -0.39 is 15.9 Å². The molecule has 1 saturated carbocycles. The molecule has 2 aliphatic rings. The Bertz CT molecular complexity index is 1050. The Kier molecular flexibility index (Phi) is 5.47. The van der Waals surface area contributed by atoms with Crippen LogP contribution in [0.5, 0.6) is 0 Å². The average molecular weight is 430 g/mol. The molecule has 1 aromatic carbocycles. The third-order valence-corrected chi connectivity index (χ3v) is 8.03. The van der Waals surface area contributed by atoms with Gasteiger partial charge in [0.05, 0.1) is 17.0 Å². The Hall–Kier alpha value is -2.21. The summed E-state index contributed by atoms with van der Waals surface area (Å²) in [6.45, 7) is 0. The van der Waals surface area contributed by atoms with Gasteiger partial charge < -0.3 is 10.6 Å². The standard InChI is InChI=1S/C21H23N3O3S2/c1-29(26,27)18-7-3-13(4-8-18)19-9-6-17(28-19)11-16(12-22)24-21(25)20-14-2-5-15(10-14)23-20/h3-4,6-9,14-16,20,23H,2,5,10-11H2,1H3,(H,24,25)/t14-,15-,16-,20-/m0/s1. The number of amides is 1. The molecule has 1 aliphatic heterocycles. The largest absolute Gasteiger partial charge is 0.339 e. The second kappa shape index (κ2) is 7.90. The summed E-state index contributed by atoms with van der Waals surface area (Å²) in [7, 11) is -3.22. The third kappa shape index (κ3) is 4.37. The van der Waals surface area contributed by atoms with Crippen molar-refractivity contribution >= 4 is 27.1 Å². The van der Waals surface area contributed by atoms with Crippen LogP contribution in [-0.2, 0) is 21.1 Å². The molecule has 0 unspecified atom stereocenters. The molecule has 1 aromatic heterocycles. The fraction of sp³-hybridized carbons (Fsp3) is 0.429. The molecular weight excluding hydrogens is 406 g/mol. The van der Waals surface area contributed by atoms with Gasteiger partial charge in [-0.2, -0.15) is 5.26 Å². The second-order valence-corrected chi connectivity index (χ2v) is 11.1. The highest BCUT2D eigenvalue weighted by Gasteiger charge is 2.43. The lowest BCUT2D eigenvalue weighted by Crippen LogP contribution is -2.50. The molecule has 2 bridgehead atoms. The van der Waals surface area contributed by atoms with Crippen LogP contribution in [0.25, 0.3) is 10.4 Å². The summed E-state index contributed by atoms with van der Waals surface area (Å²) in [4.78, 5) is 14.9. The van der Waals surface area contributed by atoms with Gasteiger partial charge in [-0.3, -0.25) is 4.79 Å². The van der Waals surface area contributed by atoms with Crippen LogP contribution in [0, 0.1) is 17.2 Å². The Labute approximate surface area is 174 Å². The Balaban J connectivity index is 1.40. The molecule has 1 saturated heterocycles. The van der Waals surface area contributed by atoms with E-state index >= 15 is 0 Å². The van der Waals surface area contributed by atoms with Gasteiger partial charge in [0, 0.05) is 28.5 Å². The second-order valence-electron chi connectivity index (χ2n) is 7.87. The molecule has 4 rings (SSSR count). The van der Waals surface area contributed by atoms with E-state index in [4.69, 9.17) is 0 Å². The van der Waals surface area contributed by atoms with Crippen LogP contribution < -0.4 is 10.6 Å².